The molecule has 2 aromatic carbocycles. The number of benzene rings is 2. The molecular formula is C21H21N3O4. The first-order chi connectivity index (χ1) is 13.7. The number of nitrogens with zero attached hydrogens (tertiary/aromatic N) is 2. The summed E-state index contributed by atoms with van der Waals surface area (Å²) in [4.78, 5) is 14.8. The highest BCUT2D eigenvalue weighted by Gasteiger charge is 2.16. The predicted molar refractivity (Wildman–Crippen MR) is 106 cm³/mol. The van der Waals surface area contributed by atoms with Gasteiger partial charge in [-0.3, -0.25) is 4.79 Å². The van der Waals surface area contributed by atoms with Gasteiger partial charge in [-0.05, 0) is 30.3 Å². The highest BCUT2D eigenvalue weighted by Crippen LogP contribution is 2.25. The van der Waals surface area contributed by atoms with Crippen molar-refractivity contribution in [1.29, 1.82) is 0 Å². The average molecular weight is 379 g/mol. The molecule has 7 heteroatoms. The van der Waals surface area contributed by atoms with Gasteiger partial charge in [0.05, 0.1) is 20.3 Å². The molecule has 1 aliphatic rings. The van der Waals surface area contributed by atoms with Gasteiger partial charge in [0, 0.05) is 36.1 Å². The fourth-order valence-electron chi connectivity index (χ4n) is 3.09. The SMILES string of the molecule is COc1cccc(-c2cc(C(=O)Nc3cccc(N4CCOCC4)c3)no2)c1. The van der Waals surface area contributed by atoms with Crippen LogP contribution < -0.4 is 15.0 Å². The molecule has 0 aliphatic carbocycles. The first kappa shape index (κ1) is 18.1. The standard InChI is InChI=1S/C21H21N3O4/c1-26-18-7-2-4-15(12-18)20-14-19(23-28-20)21(25)22-16-5-3-6-17(13-16)24-8-10-27-11-9-24/h2-7,12-14H,8-11H2,1H3,(H,22,25). The summed E-state index contributed by atoms with van der Waals surface area (Å²) in [5, 5.41) is 6.78. The second kappa shape index (κ2) is 8.14. The summed E-state index contributed by atoms with van der Waals surface area (Å²) in [5.74, 6) is 0.892. The number of aromatic nitrogens is 1. The van der Waals surface area contributed by atoms with Crippen LogP contribution in [0.3, 0.4) is 0 Å². The number of anilines is 2. The molecule has 1 amide bonds. The van der Waals surface area contributed by atoms with Crippen LogP contribution in [-0.4, -0.2) is 44.5 Å². The predicted octanol–water partition coefficient (Wildman–Crippen LogP) is 3.44. The van der Waals surface area contributed by atoms with E-state index in [1.807, 2.05) is 48.5 Å². The highest BCUT2D eigenvalue weighted by atomic mass is 16.5. The van der Waals surface area contributed by atoms with Gasteiger partial charge >= 0.3 is 0 Å². The van der Waals surface area contributed by atoms with Crippen LogP contribution in [0.4, 0.5) is 11.4 Å². The zero-order valence-corrected chi connectivity index (χ0v) is 15.6. The summed E-state index contributed by atoms with van der Waals surface area (Å²) in [5.41, 5.74) is 2.77. The largest absolute Gasteiger partial charge is 0.497 e. The molecule has 1 aliphatic heterocycles. The third-order valence-corrected chi connectivity index (χ3v) is 4.58. The average Bonchev–Trinajstić information content (AvgIpc) is 3.25. The number of carbonyl (C=O) groups is 1. The second-order valence-electron chi connectivity index (χ2n) is 6.41. The zero-order chi connectivity index (χ0) is 19.3. The summed E-state index contributed by atoms with van der Waals surface area (Å²) in [6.45, 7) is 3.10. The van der Waals surface area contributed by atoms with Crippen LogP contribution >= 0.6 is 0 Å². The molecule has 0 saturated carbocycles. The minimum atomic E-state index is -0.322. The number of ether oxygens (including phenoxy) is 2. The molecule has 0 atom stereocenters. The fraction of sp³-hybridized carbons (Fsp3) is 0.238. The van der Waals surface area contributed by atoms with Crippen LogP contribution in [0.5, 0.6) is 5.75 Å². The van der Waals surface area contributed by atoms with Crippen molar-refractivity contribution in [2.45, 2.75) is 0 Å². The van der Waals surface area contributed by atoms with Crippen molar-refractivity contribution in [3.8, 4) is 17.1 Å². The lowest BCUT2D eigenvalue weighted by molar-refractivity contribution is 0.101. The summed E-state index contributed by atoms with van der Waals surface area (Å²) in [7, 11) is 1.60. The first-order valence-electron chi connectivity index (χ1n) is 9.08. The van der Waals surface area contributed by atoms with Crippen molar-refractivity contribution in [3.63, 3.8) is 0 Å². The lowest BCUT2D eigenvalue weighted by Gasteiger charge is -2.29. The van der Waals surface area contributed by atoms with Crippen molar-refractivity contribution in [2.75, 3.05) is 43.6 Å². The number of hydrogen-bond donors (Lipinski definition) is 1. The number of rotatable bonds is 5. The van der Waals surface area contributed by atoms with E-state index in [-0.39, 0.29) is 11.6 Å². The van der Waals surface area contributed by atoms with Crippen LogP contribution in [0.25, 0.3) is 11.3 Å². The Kier molecular flexibility index (Phi) is 5.25. The normalized spacial score (nSPS) is 14.0. The monoisotopic (exact) mass is 379 g/mol. The Morgan fingerprint density at radius 3 is 2.75 bits per heavy atom. The third-order valence-electron chi connectivity index (χ3n) is 4.58. The maximum atomic E-state index is 12.6. The minimum absolute atomic E-state index is 0.217. The molecule has 0 radical (unpaired) electrons. The Labute approximate surface area is 162 Å². The van der Waals surface area contributed by atoms with Crippen molar-refractivity contribution in [3.05, 3.63) is 60.3 Å². The van der Waals surface area contributed by atoms with Gasteiger partial charge in [0.1, 0.15) is 5.75 Å². The number of nitrogens with one attached hydrogen (secondary N) is 1. The maximum absolute atomic E-state index is 12.6. The summed E-state index contributed by atoms with van der Waals surface area (Å²) in [6, 6.07) is 16.8. The quantitative estimate of drug-likeness (QED) is 0.732. The van der Waals surface area contributed by atoms with Gasteiger partial charge in [-0.2, -0.15) is 0 Å². The third kappa shape index (κ3) is 3.99. The molecule has 1 aromatic heterocycles. The molecule has 1 fully saturated rings. The van der Waals surface area contributed by atoms with E-state index in [1.165, 1.54) is 0 Å². The van der Waals surface area contributed by atoms with Crippen LogP contribution in [0.1, 0.15) is 10.5 Å². The zero-order valence-electron chi connectivity index (χ0n) is 15.6. The van der Waals surface area contributed by atoms with Gasteiger partial charge < -0.3 is 24.2 Å². The van der Waals surface area contributed by atoms with Gasteiger partial charge in [-0.25, -0.2) is 0 Å². The Morgan fingerprint density at radius 1 is 1.11 bits per heavy atom. The molecular weight excluding hydrogens is 358 g/mol. The van der Waals surface area contributed by atoms with Gasteiger partial charge in [0.15, 0.2) is 11.5 Å². The van der Waals surface area contributed by atoms with E-state index in [2.05, 4.69) is 15.4 Å². The molecule has 2 heterocycles. The van der Waals surface area contributed by atoms with E-state index in [0.717, 1.165) is 24.3 Å². The van der Waals surface area contributed by atoms with Crippen LogP contribution in [-0.2, 0) is 4.74 Å². The number of amides is 1. The summed E-state index contributed by atoms with van der Waals surface area (Å²) in [6.07, 6.45) is 0. The first-order valence-corrected chi connectivity index (χ1v) is 9.08. The van der Waals surface area contributed by atoms with E-state index in [1.54, 1.807) is 13.2 Å². The number of carbonyl (C=O) groups excluding carboxylic acids is 1. The highest BCUT2D eigenvalue weighted by molar-refractivity contribution is 6.03. The molecule has 1 saturated heterocycles. The van der Waals surface area contributed by atoms with Crippen molar-refractivity contribution in [1.82, 2.24) is 5.16 Å². The van der Waals surface area contributed by atoms with Crippen molar-refractivity contribution >= 4 is 17.3 Å². The van der Waals surface area contributed by atoms with Gasteiger partial charge in [0.2, 0.25) is 0 Å². The van der Waals surface area contributed by atoms with E-state index in [0.29, 0.717) is 30.4 Å². The van der Waals surface area contributed by atoms with E-state index < -0.39 is 0 Å². The summed E-state index contributed by atoms with van der Waals surface area (Å²) < 4.78 is 15.9. The maximum Gasteiger partial charge on any atom is 0.277 e. The Hall–Kier alpha value is -3.32. The number of morpholine rings is 1. The molecule has 0 bridgehead atoms. The van der Waals surface area contributed by atoms with Gasteiger partial charge in [-0.15, -0.1) is 0 Å². The molecule has 0 spiro atoms. The van der Waals surface area contributed by atoms with Crippen molar-refractivity contribution in [2.24, 2.45) is 0 Å². The molecule has 28 heavy (non-hydrogen) atoms. The van der Waals surface area contributed by atoms with Gasteiger partial charge in [0.25, 0.3) is 5.91 Å². The Morgan fingerprint density at radius 2 is 1.93 bits per heavy atom. The fourth-order valence-corrected chi connectivity index (χ4v) is 3.09. The smallest absolute Gasteiger partial charge is 0.277 e. The van der Waals surface area contributed by atoms with Crippen molar-refractivity contribution < 1.29 is 18.8 Å². The topological polar surface area (TPSA) is 76.8 Å². The molecule has 0 unspecified atom stereocenters. The van der Waals surface area contributed by atoms with Crippen LogP contribution in [0.15, 0.2) is 59.1 Å². The molecule has 144 valence electrons. The Balaban J connectivity index is 1.47. The molecule has 4 rings (SSSR count). The minimum Gasteiger partial charge on any atom is -0.497 e. The van der Waals surface area contributed by atoms with E-state index in [4.69, 9.17) is 14.0 Å². The molecule has 7 nitrogen and oxygen atoms in total. The number of methoxy groups -OCH3 is 1. The number of hydrogen-bond acceptors (Lipinski definition) is 6. The van der Waals surface area contributed by atoms with E-state index in [9.17, 15) is 4.79 Å². The lowest BCUT2D eigenvalue weighted by atomic mass is 10.1. The van der Waals surface area contributed by atoms with Crippen LogP contribution in [0.2, 0.25) is 0 Å². The summed E-state index contributed by atoms with van der Waals surface area (Å²) >= 11 is 0. The second-order valence-corrected chi connectivity index (χ2v) is 6.41. The molecule has 3 aromatic rings. The van der Waals surface area contributed by atoms with Gasteiger partial charge in [-0.1, -0.05) is 23.4 Å². The van der Waals surface area contributed by atoms with Crippen LogP contribution in [0, 0.1) is 0 Å². The molecule has 1 N–H and O–H groups in total. The lowest BCUT2D eigenvalue weighted by Crippen LogP contribution is -2.36. The van der Waals surface area contributed by atoms with E-state index >= 15 is 0 Å². The Bertz CT molecular complexity index is 964.